The monoisotopic (exact) mass is 333 g/mol. The molecule has 0 spiro atoms. The minimum absolute atomic E-state index is 0.00682. The minimum Gasteiger partial charge on any atom is -0.369 e. The van der Waals surface area contributed by atoms with Crippen LogP contribution in [0.15, 0.2) is 41.6 Å². The number of hydrogen-bond acceptors (Lipinski definition) is 4. The number of rotatable bonds is 6. The second-order valence-corrected chi connectivity index (χ2v) is 7.12. The van der Waals surface area contributed by atoms with Gasteiger partial charge in [-0.3, -0.25) is 4.21 Å². The van der Waals surface area contributed by atoms with Gasteiger partial charge in [0.15, 0.2) is 0 Å². The lowest BCUT2D eigenvalue weighted by atomic mass is 10.1. The molecular weight excluding hydrogens is 310 g/mol. The molecular formula is C17H23N3O2S. The summed E-state index contributed by atoms with van der Waals surface area (Å²) in [4.78, 5) is 5.33. The van der Waals surface area contributed by atoms with Crippen LogP contribution in [0.2, 0.25) is 0 Å². The topological polar surface area (TPSA) is 56.1 Å². The summed E-state index contributed by atoms with van der Waals surface area (Å²) in [5.74, 6) is 0.999. The second-order valence-electron chi connectivity index (χ2n) is 5.74. The SMILES string of the molecule is CCn1ccnc1[C@H]1OCC[C@@H]1NCc1ccc([S@@](C)=O)cc1. The molecule has 0 unspecified atom stereocenters. The van der Waals surface area contributed by atoms with Crippen molar-refractivity contribution in [2.24, 2.45) is 0 Å². The lowest BCUT2D eigenvalue weighted by molar-refractivity contribution is 0.0886. The second kappa shape index (κ2) is 7.38. The number of ether oxygens (including phenoxy) is 1. The van der Waals surface area contributed by atoms with E-state index in [1.54, 1.807) is 6.26 Å². The Labute approximate surface area is 139 Å². The molecule has 5 nitrogen and oxygen atoms in total. The third kappa shape index (κ3) is 3.71. The predicted molar refractivity (Wildman–Crippen MR) is 90.6 cm³/mol. The average Bonchev–Trinajstić information content (AvgIpc) is 3.21. The molecule has 3 rings (SSSR count). The Hall–Kier alpha value is -1.50. The van der Waals surface area contributed by atoms with Gasteiger partial charge in [-0.15, -0.1) is 0 Å². The van der Waals surface area contributed by atoms with Gasteiger partial charge in [-0.05, 0) is 31.0 Å². The number of nitrogens with zero attached hydrogens (tertiary/aromatic N) is 2. The van der Waals surface area contributed by atoms with Crippen molar-refractivity contribution in [2.75, 3.05) is 12.9 Å². The lowest BCUT2D eigenvalue weighted by Gasteiger charge is -2.20. The van der Waals surface area contributed by atoms with Gasteiger partial charge in [-0.2, -0.15) is 0 Å². The molecule has 2 heterocycles. The van der Waals surface area contributed by atoms with Crippen LogP contribution in [0.4, 0.5) is 0 Å². The highest BCUT2D eigenvalue weighted by Crippen LogP contribution is 2.28. The summed E-state index contributed by atoms with van der Waals surface area (Å²) >= 11 is 0. The first-order chi connectivity index (χ1) is 11.2. The Morgan fingerprint density at radius 2 is 2.17 bits per heavy atom. The lowest BCUT2D eigenvalue weighted by Crippen LogP contribution is -2.32. The van der Waals surface area contributed by atoms with E-state index in [-0.39, 0.29) is 12.1 Å². The number of benzene rings is 1. The quantitative estimate of drug-likeness (QED) is 0.881. The van der Waals surface area contributed by atoms with Gasteiger partial charge in [-0.1, -0.05) is 12.1 Å². The molecule has 23 heavy (non-hydrogen) atoms. The normalized spacial score (nSPS) is 22.3. The highest BCUT2D eigenvalue weighted by atomic mass is 32.2. The maximum atomic E-state index is 11.4. The van der Waals surface area contributed by atoms with Crippen LogP contribution in [-0.4, -0.2) is 32.7 Å². The first-order valence-corrected chi connectivity index (χ1v) is 9.53. The van der Waals surface area contributed by atoms with E-state index in [2.05, 4.69) is 21.8 Å². The van der Waals surface area contributed by atoms with Crippen LogP contribution in [-0.2, 0) is 28.6 Å². The standard InChI is InChI=1S/C17H23N3O2S/c1-3-20-10-9-18-17(20)16-15(8-11-22-16)19-12-13-4-6-14(7-5-13)23(2)21/h4-7,9-10,15-16,19H,3,8,11-12H2,1-2H3/t15-,16-,23+/m0/s1. The fourth-order valence-corrected chi connectivity index (χ4v) is 3.47. The van der Waals surface area contributed by atoms with Crippen LogP contribution >= 0.6 is 0 Å². The zero-order valence-corrected chi connectivity index (χ0v) is 14.4. The van der Waals surface area contributed by atoms with Crippen LogP contribution in [0.5, 0.6) is 0 Å². The van der Waals surface area contributed by atoms with Gasteiger partial charge >= 0.3 is 0 Å². The van der Waals surface area contributed by atoms with Crippen LogP contribution < -0.4 is 5.32 Å². The van der Waals surface area contributed by atoms with Gasteiger partial charge in [0, 0.05) is 60.1 Å². The number of imidazole rings is 1. The predicted octanol–water partition coefficient (Wildman–Crippen LogP) is 2.26. The van der Waals surface area contributed by atoms with Crippen molar-refractivity contribution >= 4 is 10.8 Å². The average molecular weight is 333 g/mol. The fourth-order valence-electron chi connectivity index (χ4n) is 2.95. The van der Waals surface area contributed by atoms with Crippen LogP contribution in [0, 0.1) is 0 Å². The smallest absolute Gasteiger partial charge is 0.139 e. The zero-order chi connectivity index (χ0) is 16.2. The number of aryl methyl sites for hydroxylation is 1. The molecule has 2 aromatic rings. The minimum atomic E-state index is -0.924. The molecule has 0 bridgehead atoms. The highest BCUT2D eigenvalue weighted by Gasteiger charge is 2.32. The van der Waals surface area contributed by atoms with Gasteiger partial charge in [0.2, 0.25) is 0 Å². The molecule has 0 radical (unpaired) electrons. The number of nitrogens with one attached hydrogen (secondary N) is 1. The van der Waals surface area contributed by atoms with Gasteiger partial charge in [-0.25, -0.2) is 4.98 Å². The van der Waals surface area contributed by atoms with Gasteiger partial charge < -0.3 is 14.6 Å². The molecule has 1 N–H and O–H groups in total. The molecule has 0 saturated carbocycles. The van der Waals surface area contributed by atoms with E-state index in [9.17, 15) is 4.21 Å². The molecule has 124 valence electrons. The van der Waals surface area contributed by atoms with E-state index in [0.29, 0.717) is 0 Å². The summed E-state index contributed by atoms with van der Waals surface area (Å²) in [5.41, 5.74) is 1.18. The highest BCUT2D eigenvalue weighted by molar-refractivity contribution is 7.84. The van der Waals surface area contributed by atoms with Crippen molar-refractivity contribution in [2.45, 2.75) is 43.5 Å². The third-order valence-corrected chi connectivity index (χ3v) is 5.19. The fraction of sp³-hybridized carbons (Fsp3) is 0.471. The molecule has 6 heteroatoms. The van der Waals surface area contributed by atoms with Gasteiger partial charge in [0.05, 0.1) is 0 Å². The summed E-state index contributed by atoms with van der Waals surface area (Å²) in [7, 11) is -0.924. The molecule has 0 aliphatic carbocycles. The van der Waals surface area contributed by atoms with E-state index in [1.807, 2.05) is 36.7 Å². The summed E-state index contributed by atoms with van der Waals surface area (Å²) in [6.07, 6.45) is 6.52. The van der Waals surface area contributed by atoms with Crippen LogP contribution in [0.1, 0.15) is 30.8 Å². The summed E-state index contributed by atoms with van der Waals surface area (Å²) in [6.45, 7) is 4.54. The molecule has 1 aromatic heterocycles. The van der Waals surface area contributed by atoms with Crippen molar-refractivity contribution in [3.8, 4) is 0 Å². The largest absolute Gasteiger partial charge is 0.369 e. The van der Waals surface area contributed by atoms with Crippen molar-refractivity contribution in [3.05, 3.63) is 48.0 Å². The van der Waals surface area contributed by atoms with E-state index in [1.165, 1.54) is 5.56 Å². The molecule has 1 fully saturated rings. The van der Waals surface area contributed by atoms with E-state index in [0.717, 1.165) is 36.8 Å². The van der Waals surface area contributed by atoms with Crippen molar-refractivity contribution in [1.82, 2.24) is 14.9 Å². The Morgan fingerprint density at radius 3 is 2.87 bits per heavy atom. The molecule has 3 atom stereocenters. The first kappa shape index (κ1) is 16.4. The number of hydrogen-bond donors (Lipinski definition) is 1. The number of aromatic nitrogens is 2. The van der Waals surface area contributed by atoms with Crippen molar-refractivity contribution in [3.63, 3.8) is 0 Å². The Balaban J connectivity index is 1.64. The van der Waals surface area contributed by atoms with Gasteiger partial charge in [0.25, 0.3) is 0 Å². The van der Waals surface area contributed by atoms with Crippen molar-refractivity contribution in [1.29, 1.82) is 0 Å². The van der Waals surface area contributed by atoms with E-state index in [4.69, 9.17) is 4.74 Å². The Kier molecular flexibility index (Phi) is 5.25. The van der Waals surface area contributed by atoms with E-state index < -0.39 is 10.8 Å². The first-order valence-electron chi connectivity index (χ1n) is 7.97. The van der Waals surface area contributed by atoms with Crippen molar-refractivity contribution < 1.29 is 8.95 Å². The molecule has 1 aliphatic heterocycles. The van der Waals surface area contributed by atoms with Crippen LogP contribution in [0.25, 0.3) is 0 Å². The van der Waals surface area contributed by atoms with Gasteiger partial charge in [0.1, 0.15) is 11.9 Å². The van der Waals surface area contributed by atoms with E-state index >= 15 is 0 Å². The summed E-state index contributed by atoms with van der Waals surface area (Å²) in [5, 5.41) is 3.58. The molecule has 1 aromatic carbocycles. The Bertz CT molecular complexity index is 669. The zero-order valence-electron chi connectivity index (χ0n) is 13.6. The molecule has 0 amide bonds. The maximum Gasteiger partial charge on any atom is 0.139 e. The Morgan fingerprint density at radius 1 is 1.39 bits per heavy atom. The molecule has 1 aliphatic rings. The third-order valence-electron chi connectivity index (χ3n) is 4.26. The summed E-state index contributed by atoms with van der Waals surface area (Å²) in [6, 6.07) is 8.19. The maximum absolute atomic E-state index is 11.4. The molecule has 1 saturated heterocycles. The summed E-state index contributed by atoms with van der Waals surface area (Å²) < 4.78 is 19.5. The van der Waals surface area contributed by atoms with Crippen LogP contribution in [0.3, 0.4) is 0 Å².